The van der Waals surface area contributed by atoms with Gasteiger partial charge in [-0.3, -0.25) is 9.59 Å². The molecule has 2 aromatic rings. The molecule has 1 aromatic heterocycles. The van der Waals surface area contributed by atoms with E-state index < -0.39 is 0 Å². The smallest absolute Gasteiger partial charge is 0.286 e. The average molecular weight is 368 g/mol. The van der Waals surface area contributed by atoms with Crippen molar-refractivity contribution >= 4 is 11.8 Å². The Labute approximate surface area is 158 Å². The summed E-state index contributed by atoms with van der Waals surface area (Å²) >= 11 is 0. The molecule has 1 aromatic carbocycles. The van der Waals surface area contributed by atoms with Crippen LogP contribution in [0.4, 0.5) is 0 Å². The van der Waals surface area contributed by atoms with Crippen molar-refractivity contribution in [2.24, 2.45) is 11.8 Å². The standard InChI is InChI=1S/C21H24N2O4/c1-11(12-6-4-3-5-7-12)19-16(10-17(27-19)21(26)22-2)20(25)23-18-14-8-13(24)9-15(14)18/h3-7,10-11,13-15,18,24H,8-9H2,1-2H3,(H,22,26)(H,23,25)/t11-,13-,14+,15-,18-/m0/s1. The average Bonchev–Trinajstić information content (AvgIpc) is 3.07. The van der Waals surface area contributed by atoms with Crippen molar-refractivity contribution in [1.29, 1.82) is 0 Å². The van der Waals surface area contributed by atoms with E-state index in [4.69, 9.17) is 4.42 Å². The summed E-state index contributed by atoms with van der Waals surface area (Å²) in [5, 5.41) is 15.3. The van der Waals surface area contributed by atoms with Gasteiger partial charge in [0.1, 0.15) is 5.76 Å². The Hall–Kier alpha value is -2.60. The molecule has 6 nitrogen and oxygen atoms in total. The van der Waals surface area contributed by atoms with Crippen molar-refractivity contribution in [3.8, 4) is 0 Å². The van der Waals surface area contributed by atoms with Crippen LogP contribution < -0.4 is 10.6 Å². The van der Waals surface area contributed by atoms with Crippen LogP contribution in [0.1, 0.15) is 57.9 Å². The molecule has 3 N–H and O–H groups in total. The van der Waals surface area contributed by atoms with Gasteiger partial charge in [0.2, 0.25) is 0 Å². The number of nitrogens with one attached hydrogen (secondary N) is 2. The molecule has 27 heavy (non-hydrogen) atoms. The number of carbonyl (C=O) groups is 2. The third kappa shape index (κ3) is 3.25. The number of hydrogen-bond donors (Lipinski definition) is 3. The summed E-state index contributed by atoms with van der Waals surface area (Å²) in [4.78, 5) is 24.9. The first-order valence-electron chi connectivity index (χ1n) is 9.39. The van der Waals surface area contributed by atoms with E-state index in [0.29, 0.717) is 23.2 Å². The van der Waals surface area contributed by atoms with Gasteiger partial charge in [0.15, 0.2) is 5.76 Å². The van der Waals surface area contributed by atoms with E-state index in [-0.39, 0.29) is 35.6 Å². The van der Waals surface area contributed by atoms with Crippen LogP contribution in [0.3, 0.4) is 0 Å². The number of hydrogen-bond acceptors (Lipinski definition) is 4. The molecule has 0 unspecified atom stereocenters. The highest BCUT2D eigenvalue weighted by molar-refractivity contribution is 5.99. The van der Waals surface area contributed by atoms with E-state index in [9.17, 15) is 14.7 Å². The fourth-order valence-corrected chi connectivity index (χ4v) is 4.29. The Bertz CT molecular complexity index is 848. The van der Waals surface area contributed by atoms with Crippen molar-refractivity contribution in [1.82, 2.24) is 10.6 Å². The number of amides is 2. The summed E-state index contributed by atoms with van der Waals surface area (Å²) in [6, 6.07) is 11.4. The number of rotatable bonds is 5. The highest BCUT2D eigenvalue weighted by atomic mass is 16.4. The number of carbonyl (C=O) groups excluding carboxylic acids is 2. The lowest BCUT2D eigenvalue weighted by Gasteiger charge is -2.13. The maximum absolute atomic E-state index is 12.9. The molecule has 2 saturated carbocycles. The zero-order chi connectivity index (χ0) is 19.1. The number of fused-ring (bicyclic) bond motifs is 1. The summed E-state index contributed by atoms with van der Waals surface area (Å²) in [7, 11) is 1.53. The van der Waals surface area contributed by atoms with Gasteiger partial charge >= 0.3 is 0 Å². The normalized spacial score (nSPS) is 26.9. The van der Waals surface area contributed by atoms with Crippen molar-refractivity contribution in [2.75, 3.05) is 7.05 Å². The van der Waals surface area contributed by atoms with Crippen LogP contribution in [0.15, 0.2) is 40.8 Å². The SMILES string of the molecule is CNC(=O)c1cc(C(=O)N[C@H]2[C@@H]3C[C@H](O)C[C@@H]32)c([C@@H](C)c2ccccc2)o1. The quantitative estimate of drug-likeness (QED) is 0.755. The van der Waals surface area contributed by atoms with Gasteiger partial charge in [-0.15, -0.1) is 0 Å². The summed E-state index contributed by atoms with van der Waals surface area (Å²) in [6.07, 6.45) is 1.26. The van der Waals surface area contributed by atoms with Crippen LogP contribution in [0.2, 0.25) is 0 Å². The van der Waals surface area contributed by atoms with Gasteiger partial charge in [-0.2, -0.15) is 0 Å². The van der Waals surface area contributed by atoms with Crippen LogP contribution in [0, 0.1) is 11.8 Å². The van der Waals surface area contributed by atoms with Crippen LogP contribution in [0.5, 0.6) is 0 Å². The molecule has 0 spiro atoms. The van der Waals surface area contributed by atoms with E-state index in [1.165, 1.54) is 13.1 Å². The molecule has 2 aliphatic rings. The molecule has 4 rings (SSSR count). The lowest BCUT2D eigenvalue weighted by Crippen LogP contribution is -2.30. The Morgan fingerprint density at radius 3 is 2.44 bits per heavy atom. The minimum atomic E-state index is -0.359. The van der Waals surface area contributed by atoms with E-state index in [2.05, 4.69) is 10.6 Å². The zero-order valence-electron chi connectivity index (χ0n) is 15.4. The Morgan fingerprint density at radius 2 is 1.81 bits per heavy atom. The summed E-state index contributed by atoms with van der Waals surface area (Å²) in [6.45, 7) is 1.96. The second-order valence-corrected chi connectivity index (χ2v) is 7.55. The van der Waals surface area contributed by atoms with E-state index in [0.717, 1.165) is 18.4 Å². The van der Waals surface area contributed by atoms with Gasteiger partial charge in [-0.1, -0.05) is 37.3 Å². The molecule has 1 heterocycles. The van der Waals surface area contributed by atoms with Gasteiger partial charge in [0.25, 0.3) is 11.8 Å². The van der Waals surface area contributed by atoms with E-state index in [1.807, 2.05) is 37.3 Å². The Morgan fingerprint density at radius 1 is 1.15 bits per heavy atom. The molecule has 0 saturated heterocycles. The lowest BCUT2D eigenvalue weighted by molar-refractivity contribution is 0.0924. The molecule has 5 atom stereocenters. The van der Waals surface area contributed by atoms with Crippen LogP contribution in [-0.4, -0.2) is 36.1 Å². The van der Waals surface area contributed by atoms with Crippen molar-refractivity contribution in [3.05, 3.63) is 59.0 Å². The molecule has 2 aliphatic carbocycles. The predicted molar refractivity (Wildman–Crippen MR) is 99.5 cm³/mol. The first kappa shape index (κ1) is 17.8. The monoisotopic (exact) mass is 368 g/mol. The number of furan rings is 1. The lowest BCUT2D eigenvalue weighted by atomic mass is 9.96. The summed E-state index contributed by atoms with van der Waals surface area (Å²) < 4.78 is 5.80. The van der Waals surface area contributed by atoms with E-state index >= 15 is 0 Å². The molecule has 2 fully saturated rings. The van der Waals surface area contributed by atoms with Crippen LogP contribution >= 0.6 is 0 Å². The highest BCUT2D eigenvalue weighted by Gasteiger charge is 2.56. The van der Waals surface area contributed by atoms with Gasteiger partial charge in [-0.25, -0.2) is 0 Å². The van der Waals surface area contributed by atoms with E-state index in [1.54, 1.807) is 0 Å². The van der Waals surface area contributed by atoms with Crippen molar-refractivity contribution < 1.29 is 19.1 Å². The Kier molecular flexibility index (Phi) is 4.52. The number of benzene rings is 1. The largest absolute Gasteiger partial charge is 0.454 e. The molecule has 6 heteroatoms. The maximum atomic E-state index is 12.9. The topological polar surface area (TPSA) is 91.6 Å². The highest BCUT2D eigenvalue weighted by Crippen LogP contribution is 2.52. The molecular formula is C21H24N2O4. The first-order chi connectivity index (χ1) is 13.0. The fourth-order valence-electron chi connectivity index (χ4n) is 4.29. The maximum Gasteiger partial charge on any atom is 0.286 e. The third-order valence-corrected chi connectivity index (χ3v) is 5.87. The molecule has 142 valence electrons. The van der Waals surface area contributed by atoms with Gasteiger partial charge in [0, 0.05) is 25.1 Å². The van der Waals surface area contributed by atoms with Gasteiger partial charge in [-0.05, 0) is 30.2 Å². The molecular weight excluding hydrogens is 344 g/mol. The molecule has 2 amide bonds. The Balaban J connectivity index is 1.59. The molecule has 0 radical (unpaired) electrons. The number of aliphatic hydroxyl groups is 1. The van der Waals surface area contributed by atoms with Crippen LogP contribution in [0.25, 0.3) is 0 Å². The molecule has 0 aliphatic heterocycles. The van der Waals surface area contributed by atoms with Crippen LogP contribution in [-0.2, 0) is 0 Å². The van der Waals surface area contributed by atoms with Gasteiger partial charge in [0.05, 0.1) is 11.7 Å². The van der Waals surface area contributed by atoms with Crippen molar-refractivity contribution in [2.45, 2.75) is 37.8 Å². The minimum absolute atomic E-state index is 0.110. The summed E-state index contributed by atoms with van der Waals surface area (Å²) in [5.74, 6) is 0.608. The van der Waals surface area contributed by atoms with Gasteiger partial charge < -0.3 is 20.2 Å². The zero-order valence-corrected chi connectivity index (χ0v) is 15.4. The molecule has 0 bridgehead atoms. The number of aliphatic hydroxyl groups excluding tert-OH is 1. The minimum Gasteiger partial charge on any atom is -0.454 e. The second kappa shape index (κ2) is 6.85. The fraction of sp³-hybridized carbons (Fsp3) is 0.429. The second-order valence-electron chi connectivity index (χ2n) is 7.55. The van der Waals surface area contributed by atoms with Crippen molar-refractivity contribution in [3.63, 3.8) is 0 Å². The third-order valence-electron chi connectivity index (χ3n) is 5.87. The predicted octanol–water partition coefficient (Wildman–Crippen LogP) is 2.29. The first-order valence-corrected chi connectivity index (χ1v) is 9.39. The summed E-state index contributed by atoms with van der Waals surface area (Å²) in [5.41, 5.74) is 1.41.